The third-order valence-corrected chi connectivity index (χ3v) is 4.35. The van der Waals surface area contributed by atoms with Gasteiger partial charge in [0, 0.05) is 5.56 Å². The molecule has 1 aromatic rings. The maximum atomic E-state index is 9.54. The molecule has 0 saturated heterocycles. The van der Waals surface area contributed by atoms with Gasteiger partial charge in [0.05, 0.1) is 52.5 Å². The van der Waals surface area contributed by atoms with Crippen LogP contribution in [0.4, 0.5) is 0 Å². The lowest BCUT2D eigenvalue weighted by Gasteiger charge is -2.25. The predicted octanol–water partition coefficient (Wildman–Crippen LogP) is 2.70. The minimum atomic E-state index is -0.664. The van der Waals surface area contributed by atoms with Gasteiger partial charge in [-0.05, 0) is 32.0 Å². The third-order valence-electron chi connectivity index (χ3n) is 3.47. The first-order chi connectivity index (χ1) is 11.6. The highest BCUT2D eigenvalue weighted by Gasteiger charge is 2.33. The zero-order chi connectivity index (χ0) is 17.7. The molecule has 0 unspecified atom stereocenters. The molecule has 0 aromatic heterocycles. The van der Waals surface area contributed by atoms with E-state index in [4.69, 9.17) is 20.9 Å². The normalized spacial score (nSPS) is 15.0. The van der Waals surface area contributed by atoms with Crippen LogP contribution in [0.1, 0.15) is 25.3 Å². The fourth-order valence-electron chi connectivity index (χ4n) is 2.50. The quantitative estimate of drug-likeness (QED) is 0.844. The van der Waals surface area contributed by atoms with Gasteiger partial charge in [-0.25, -0.2) is 0 Å². The Morgan fingerprint density at radius 3 is 2.12 bits per heavy atom. The van der Waals surface area contributed by atoms with E-state index in [2.05, 4.69) is 12.1 Å². The number of nitrogens with two attached hydrogens (primary N) is 2. The van der Waals surface area contributed by atoms with Crippen molar-refractivity contribution in [3.05, 3.63) is 45.0 Å². The van der Waals surface area contributed by atoms with Crippen LogP contribution in [0.25, 0.3) is 0 Å². The summed E-state index contributed by atoms with van der Waals surface area (Å²) >= 11 is 1.04. The van der Waals surface area contributed by atoms with Crippen molar-refractivity contribution in [2.45, 2.75) is 19.8 Å². The number of allylic oxidation sites excluding steroid dienone is 2. The average molecular weight is 342 g/mol. The lowest BCUT2D eigenvalue weighted by atomic mass is 9.85. The molecule has 4 N–H and O–H groups in total. The number of rotatable bonds is 5. The maximum absolute atomic E-state index is 9.54. The van der Waals surface area contributed by atoms with Gasteiger partial charge >= 0.3 is 0 Å². The lowest BCUT2D eigenvalue weighted by molar-refractivity contribution is 0.327. The SMILES string of the molecule is CCOc1ccc(OCC)c(C2C(C#N)=C(N)SC(N)=C2C#N)c1. The molecule has 0 fully saturated rings. The molecule has 0 spiro atoms. The molecule has 0 radical (unpaired) electrons. The molecule has 1 aliphatic heterocycles. The largest absolute Gasteiger partial charge is 0.494 e. The van der Waals surface area contributed by atoms with Gasteiger partial charge in [-0.2, -0.15) is 10.5 Å². The summed E-state index contributed by atoms with van der Waals surface area (Å²) in [6.07, 6.45) is 0. The van der Waals surface area contributed by atoms with Crippen LogP contribution >= 0.6 is 11.8 Å². The van der Waals surface area contributed by atoms with Crippen LogP contribution in [0.15, 0.2) is 39.4 Å². The van der Waals surface area contributed by atoms with E-state index in [1.54, 1.807) is 18.2 Å². The molecule has 7 heteroatoms. The highest BCUT2D eigenvalue weighted by atomic mass is 32.2. The van der Waals surface area contributed by atoms with Crippen LogP contribution in [0.2, 0.25) is 0 Å². The second kappa shape index (κ2) is 7.67. The first kappa shape index (κ1) is 17.6. The van der Waals surface area contributed by atoms with Crippen LogP contribution in [-0.4, -0.2) is 13.2 Å². The summed E-state index contributed by atoms with van der Waals surface area (Å²) in [5, 5.41) is 19.7. The maximum Gasteiger partial charge on any atom is 0.123 e. The zero-order valence-electron chi connectivity index (χ0n) is 13.5. The molecule has 1 aromatic carbocycles. The van der Waals surface area contributed by atoms with Crippen molar-refractivity contribution in [2.24, 2.45) is 11.5 Å². The number of thioether (sulfide) groups is 1. The molecule has 0 atom stereocenters. The first-order valence-electron chi connectivity index (χ1n) is 7.44. The van der Waals surface area contributed by atoms with Gasteiger partial charge in [0.15, 0.2) is 0 Å². The number of nitriles is 2. The Bertz CT molecular complexity index is 751. The molecular weight excluding hydrogens is 324 g/mol. The molecule has 6 nitrogen and oxygen atoms in total. The molecule has 1 heterocycles. The predicted molar refractivity (Wildman–Crippen MR) is 92.8 cm³/mol. The van der Waals surface area contributed by atoms with Gasteiger partial charge in [-0.3, -0.25) is 0 Å². The minimum absolute atomic E-state index is 0.292. The van der Waals surface area contributed by atoms with E-state index in [1.165, 1.54) is 0 Å². The summed E-state index contributed by atoms with van der Waals surface area (Å²) in [7, 11) is 0. The van der Waals surface area contributed by atoms with Crippen molar-refractivity contribution < 1.29 is 9.47 Å². The molecule has 24 heavy (non-hydrogen) atoms. The number of hydrogen-bond donors (Lipinski definition) is 2. The molecule has 0 saturated carbocycles. The van der Waals surface area contributed by atoms with E-state index in [1.807, 2.05) is 13.8 Å². The van der Waals surface area contributed by atoms with Gasteiger partial charge < -0.3 is 20.9 Å². The second-order valence-electron chi connectivity index (χ2n) is 4.88. The Morgan fingerprint density at radius 1 is 1.04 bits per heavy atom. The van der Waals surface area contributed by atoms with E-state index in [9.17, 15) is 10.5 Å². The monoisotopic (exact) mass is 342 g/mol. The van der Waals surface area contributed by atoms with Crippen molar-refractivity contribution in [3.63, 3.8) is 0 Å². The van der Waals surface area contributed by atoms with Gasteiger partial charge in [0.25, 0.3) is 0 Å². The van der Waals surface area contributed by atoms with Gasteiger partial charge in [0.1, 0.15) is 11.5 Å². The Hall–Kier alpha value is -2.77. The minimum Gasteiger partial charge on any atom is -0.494 e. The van der Waals surface area contributed by atoms with Crippen molar-refractivity contribution >= 4 is 11.8 Å². The highest BCUT2D eigenvalue weighted by Crippen LogP contribution is 2.46. The molecule has 1 aliphatic rings. The molecule has 0 bridgehead atoms. The van der Waals surface area contributed by atoms with Gasteiger partial charge in [-0.15, -0.1) is 0 Å². The van der Waals surface area contributed by atoms with Crippen molar-refractivity contribution in [1.29, 1.82) is 10.5 Å². The van der Waals surface area contributed by atoms with Crippen LogP contribution in [-0.2, 0) is 0 Å². The van der Waals surface area contributed by atoms with Crippen LogP contribution in [0.5, 0.6) is 11.5 Å². The Labute approximate surface area is 145 Å². The van der Waals surface area contributed by atoms with Crippen LogP contribution < -0.4 is 20.9 Å². The standard InChI is InChI=1S/C17H18N4O2S/c1-3-22-10-5-6-14(23-4-2)11(7-10)15-12(8-18)16(20)24-17(21)13(15)9-19/h5-7,15H,3-4,20-21H2,1-2H3. The summed E-state index contributed by atoms with van der Waals surface area (Å²) < 4.78 is 11.2. The molecule has 2 rings (SSSR count). The zero-order valence-corrected chi connectivity index (χ0v) is 14.3. The van der Waals surface area contributed by atoms with E-state index in [0.29, 0.717) is 51.5 Å². The number of benzene rings is 1. The second-order valence-corrected chi connectivity index (χ2v) is 5.96. The smallest absolute Gasteiger partial charge is 0.123 e. The van der Waals surface area contributed by atoms with Gasteiger partial charge in [-0.1, -0.05) is 11.8 Å². The van der Waals surface area contributed by atoms with Crippen LogP contribution in [0, 0.1) is 22.7 Å². The molecule has 0 aliphatic carbocycles. The Balaban J connectivity index is 2.69. The Kier molecular flexibility index (Phi) is 5.62. The lowest BCUT2D eigenvalue weighted by Crippen LogP contribution is -2.19. The molecular formula is C17H18N4O2S. The summed E-state index contributed by atoms with van der Waals surface area (Å²) in [6, 6.07) is 9.53. The van der Waals surface area contributed by atoms with Crippen molar-refractivity contribution in [3.8, 4) is 23.6 Å². The summed E-state index contributed by atoms with van der Waals surface area (Å²) in [5.74, 6) is 0.531. The van der Waals surface area contributed by atoms with Crippen molar-refractivity contribution in [1.82, 2.24) is 0 Å². The van der Waals surface area contributed by atoms with Crippen molar-refractivity contribution in [2.75, 3.05) is 13.2 Å². The highest BCUT2D eigenvalue weighted by molar-refractivity contribution is 8.06. The van der Waals surface area contributed by atoms with E-state index >= 15 is 0 Å². The van der Waals surface area contributed by atoms with Gasteiger partial charge in [0.2, 0.25) is 0 Å². The fourth-order valence-corrected chi connectivity index (χ4v) is 3.29. The van der Waals surface area contributed by atoms with E-state index < -0.39 is 5.92 Å². The summed E-state index contributed by atoms with van der Waals surface area (Å²) in [4.78, 5) is 0. The Morgan fingerprint density at radius 2 is 1.62 bits per heavy atom. The molecule has 0 amide bonds. The third kappa shape index (κ3) is 3.27. The topological polar surface area (TPSA) is 118 Å². The fraction of sp³-hybridized carbons (Fsp3) is 0.294. The number of hydrogen-bond acceptors (Lipinski definition) is 7. The number of nitrogens with zero attached hydrogens (tertiary/aromatic N) is 2. The first-order valence-corrected chi connectivity index (χ1v) is 8.25. The molecule has 124 valence electrons. The van der Waals surface area contributed by atoms with E-state index in [-0.39, 0.29) is 0 Å². The number of ether oxygens (including phenoxy) is 2. The van der Waals surface area contributed by atoms with Crippen LogP contribution in [0.3, 0.4) is 0 Å². The average Bonchev–Trinajstić information content (AvgIpc) is 2.56. The summed E-state index contributed by atoms with van der Waals surface area (Å²) in [5.41, 5.74) is 13.2. The summed E-state index contributed by atoms with van der Waals surface area (Å²) in [6.45, 7) is 4.69. The van der Waals surface area contributed by atoms with E-state index in [0.717, 1.165) is 11.8 Å².